The number of pyridine rings is 1. The maximum atomic E-state index is 13.6. The molecule has 6 heteroatoms. The van der Waals surface area contributed by atoms with Crippen LogP contribution in [0.1, 0.15) is 53.1 Å². The fourth-order valence-corrected chi connectivity index (χ4v) is 4.92. The highest BCUT2D eigenvalue weighted by atomic mass is 16.2. The number of carbonyl (C=O) groups is 1. The van der Waals surface area contributed by atoms with E-state index < -0.39 is 0 Å². The Labute approximate surface area is 183 Å². The molecule has 0 atom stereocenters. The van der Waals surface area contributed by atoms with E-state index in [9.17, 15) is 4.79 Å². The van der Waals surface area contributed by atoms with Gasteiger partial charge in [0.05, 0.1) is 5.56 Å². The summed E-state index contributed by atoms with van der Waals surface area (Å²) in [6.45, 7) is 7.33. The molecule has 1 saturated heterocycles. The number of carbonyl (C=O) groups excluding carboxylic acids is 1. The van der Waals surface area contributed by atoms with Gasteiger partial charge in [-0.3, -0.25) is 9.69 Å². The molecule has 1 aromatic carbocycles. The summed E-state index contributed by atoms with van der Waals surface area (Å²) < 4.78 is 2.25. The number of rotatable bonds is 3. The number of hydrogen-bond donors (Lipinski definition) is 0. The van der Waals surface area contributed by atoms with Crippen molar-refractivity contribution in [1.29, 1.82) is 0 Å². The van der Waals surface area contributed by atoms with Crippen LogP contribution in [0.3, 0.4) is 0 Å². The molecule has 0 aliphatic carbocycles. The van der Waals surface area contributed by atoms with Gasteiger partial charge in [0, 0.05) is 51.4 Å². The number of fused-ring (bicyclic) bond motifs is 3. The molecule has 0 bridgehead atoms. The minimum Gasteiger partial charge on any atom is -0.337 e. The van der Waals surface area contributed by atoms with Gasteiger partial charge in [-0.15, -0.1) is 0 Å². The van der Waals surface area contributed by atoms with Crippen molar-refractivity contribution in [1.82, 2.24) is 24.3 Å². The van der Waals surface area contributed by atoms with Crippen LogP contribution >= 0.6 is 0 Å². The Kier molecular flexibility index (Phi) is 5.72. The van der Waals surface area contributed by atoms with Crippen LogP contribution in [0.2, 0.25) is 0 Å². The van der Waals surface area contributed by atoms with E-state index in [0.29, 0.717) is 0 Å². The van der Waals surface area contributed by atoms with Gasteiger partial charge < -0.3 is 9.47 Å². The van der Waals surface area contributed by atoms with E-state index in [4.69, 9.17) is 9.97 Å². The molecule has 162 valence electrons. The van der Waals surface area contributed by atoms with Crippen molar-refractivity contribution in [3.8, 4) is 0 Å². The average Bonchev–Trinajstić information content (AvgIpc) is 2.96. The highest BCUT2D eigenvalue weighted by molar-refractivity contribution is 6.04. The summed E-state index contributed by atoms with van der Waals surface area (Å²) in [5, 5.41) is 0. The van der Waals surface area contributed by atoms with Crippen LogP contribution in [0.4, 0.5) is 0 Å². The fraction of sp³-hybridized carbons (Fsp3) is 0.480. The summed E-state index contributed by atoms with van der Waals surface area (Å²) in [6.07, 6.45) is 5.51. The van der Waals surface area contributed by atoms with Crippen LogP contribution in [0.5, 0.6) is 0 Å². The second kappa shape index (κ2) is 8.79. The van der Waals surface area contributed by atoms with Gasteiger partial charge in [-0.2, -0.15) is 0 Å². The minimum atomic E-state index is 0.102. The normalized spacial score (nSPS) is 17.9. The van der Waals surface area contributed by atoms with Crippen molar-refractivity contribution in [3.05, 3.63) is 59.0 Å². The van der Waals surface area contributed by atoms with Gasteiger partial charge in [0.1, 0.15) is 11.3 Å². The molecule has 5 rings (SSSR count). The van der Waals surface area contributed by atoms with Gasteiger partial charge in [-0.1, -0.05) is 36.8 Å². The van der Waals surface area contributed by atoms with Crippen molar-refractivity contribution in [3.63, 3.8) is 0 Å². The zero-order valence-corrected chi connectivity index (χ0v) is 18.4. The van der Waals surface area contributed by atoms with Gasteiger partial charge in [-0.25, -0.2) is 9.97 Å². The average molecular weight is 418 g/mol. The molecule has 4 heterocycles. The van der Waals surface area contributed by atoms with Crippen LogP contribution in [0, 0.1) is 6.92 Å². The van der Waals surface area contributed by atoms with E-state index in [2.05, 4.69) is 39.8 Å². The van der Waals surface area contributed by atoms with E-state index >= 15 is 0 Å². The number of imidazole rings is 1. The third-order valence-electron chi connectivity index (χ3n) is 6.55. The van der Waals surface area contributed by atoms with Gasteiger partial charge >= 0.3 is 0 Å². The molecule has 2 aliphatic rings. The highest BCUT2D eigenvalue weighted by Crippen LogP contribution is 2.25. The van der Waals surface area contributed by atoms with Crippen molar-refractivity contribution >= 4 is 17.1 Å². The molecule has 1 fully saturated rings. The van der Waals surface area contributed by atoms with Gasteiger partial charge in [0.15, 0.2) is 5.65 Å². The largest absolute Gasteiger partial charge is 0.337 e. The number of aromatic nitrogens is 3. The Morgan fingerprint density at radius 1 is 0.935 bits per heavy atom. The topological polar surface area (TPSA) is 54.3 Å². The summed E-state index contributed by atoms with van der Waals surface area (Å²) >= 11 is 0. The summed E-state index contributed by atoms with van der Waals surface area (Å²) in [7, 11) is 0. The van der Waals surface area contributed by atoms with Crippen LogP contribution in [-0.4, -0.2) is 56.4 Å². The fourth-order valence-electron chi connectivity index (χ4n) is 4.92. The molecule has 31 heavy (non-hydrogen) atoms. The third-order valence-corrected chi connectivity index (χ3v) is 6.55. The van der Waals surface area contributed by atoms with Crippen LogP contribution in [-0.2, 0) is 19.5 Å². The summed E-state index contributed by atoms with van der Waals surface area (Å²) in [6, 6.07) is 12.5. The maximum absolute atomic E-state index is 13.6. The van der Waals surface area contributed by atoms with Crippen LogP contribution in [0.25, 0.3) is 11.2 Å². The quantitative estimate of drug-likeness (QED) is 0.650. The number of benzene rings is 1. The van der Waals surface area contributed by atoms with E-state index in [1.54, 1.807) is 0 Å². The molecule has 0 N–H and O–H groups in total. The predicted molar refractivity (Wildman–Crippen MR) is 122 cm³/mol. The van der Waals surface area contributed by atoms with Crippen molar-refractivity contribution in [2.24, 2.45) is 0 Å². The molecule has 3 aromatic rings. The lowest BCUT2D eigenvalue weighted by Crippen LogP contribution is -2.35. The first-order valence-electron chi connectivity index (χ1n) is 11.6. The van der Waals surface area contributed by atoms with Gasteiger partial charge in [0.25, 0.3) is 5.91 Å². The number of amides is 1. The summed E-state index contributed by atoms with van der Waals surface area (Å²) in [5.74, 6) is 1.19. The van der Waals surface area contributed by atoms with Gasteiger partial charge in [-0.05, 0) is 37.8 Å². The molecule has 0 unspecified atom stereocenters. The predicted octanol–water partition coefficient (Wildman–Crippen LogP) is 3.81. The zero-order valence-electron chi connectivity index (χ0n) is 18.4. The molecule has 2 aliphatic heterocycles. The maximum Gasteiger partial charge on any atom is 0.256 e. The molecule has 0 radical (unpaired) electrons. The molecular weight excluding hydrogens is 386 g/mol. The van der Waals surface area contributed by atoms with E-state index in [0.717, 1.165) is 93.2 Å². The zero-order chi connectivity index (χ0) is 21.2. The lowest BCUT2D eigenvalue weighted by atomic mass is 10.1. The van der Waals surface area contributed by atoms with Crippen molar-refractivity contribution < 1.29 is 4.79 Å². The summed E-state index contributed by atoms with van der Waals surface area (Å²) in [4.78, 5) is 27.8. The second-order valence-corrected chi connectivity index (χ2v) is 8.88. The minimum absolute atomic E-state index is 0.102. The molecule has 2 aromatic heterocycles. The van der Waals surface area contributed by atoms with E-state index in [-0.39, 0.29) is 5.91 Å². The van der Waals surface area contributed by atoms with E-state index in [1.165, 1.54) is 12.0 Å². The molecule has 6 nitrogen and oxygen atoms in total. The Bertz CT molecular complexity index is 1070. The Morgan fingerprint density at radius 2 is 1.81 bits per heavy atom. The number of hydrogen-bond acceptors (Lipinski definition) is 4. The van der Waals surface area contributed by atoms with E-state index in [1.807, 2.05) is 17.9 Å². The van der Waals surface area contributed by atoms with Crippen LogP contribution in [0.15, 0.2) is 36.4 Å². The van der Waals surface area contributed by atoms with Crippen LogP contribution < -0.4 is 0 Å². The molecule has 0 spiro atoms. The Hall–Kier alpha value is -2.73. The molecular formula is C25H31N5O. The van der Waals surface area contributed by atoms with Gasteiger partial charge in [0.2, 0.25) is 0 Å². The smallest absolute Gasteiger partial charge is 0.256 e. The summed E-state index contributed by atoms with van der Waals surface area (Å²) in [5.41, 5.74) is 4.62. The standard InChI is InChI=1S/C25H31N5O/c1-19-17-21(23-24(26-19)30-14-7-3-6-11-22(30)27-23)25(31)29-13-8-12-28(15-16-29)18-20-9-4-2-5-10-20/h2,4-5,9-10,17H,3,6-8,11-16,18H2,1H3. The number of aryl methyl sites for hydroxylation is 3. The lowest BCUT2D eigenvalue weighted by Gasteiger charge is -2.22. The van der Waals surface area contributed by atoms with Crippen molar-refractivity contribution in [2.45, 2.75) is 52.1 Å². The SMILES string of the molecule is Cc1cc(C(=O)N2CCCN(Cc3ccccc3)CC2)c2nc3n(c2n1)CCCCC3. The lowest BCUT2D eigenvalue weighted by molar-refractivity contribution is 0.0762. The molecule has 0 saturated carbocycles. The first-order valence-corrected chi connectivity index (χ1v) is 11.6. The molecule has 1 amide bonds. The van der Waals surface area contributed by atoms with Crippen molar-refractivity contribution in [2.75, 3.05) is 26.2 Å². The Morgan fingerprint density at radius 3 is 2.68 bits per heavy atom. The highest BCUT2D eigenvalue weighted by Gasteiger charge is 2.25. The third kappa shape index (κ3) is 4.22. The Balaban J connectivity index is 1.37. The monoisotopic (exact) mass is 417 g/mol. The second-order valence-electron chi connectivity index (χ2n) is 8.88. The number of nitrogens with zero attached hydrogens (tertiary/aromatic N) is 5. The first kappa shape index (κ1) is 20.2. The first-order chi connectivity index (χ1) is 15.2.